The molecule has 2 aromatic carbocycles. The molecule has 0 saturated carbocycles. The molecule has 0 bridgehead atoms. The van der Waals surface area contributed by atoms with E-state index in [1.54, 1.807) is 0 Å². The number of aromatic hydroxyl groups is 1. The second-order valence-electron chi connectivity index (χ2n) is 5.03. The van der Waals surface area contributed by atoms with Crippen molar-refractivity contribution in [2.24, 2.45) is 0 Å². The predicted molar refractivity (Wildman–Crippen MR) is 83.5 cm³/mol. The SMILES string of the molecule is CCCc1c(O)nc(-c2ccc3ccccc3c2)[nH]c1=O. The van der Waals surface area contributed by atoms with E-state index in [-0.39, 0.29) is 11.4 Å². The fourth-order valence-electron chi connectivity index (χ4n) is 2.43. The molecular formula is C17H16N2O2. The van der Waals surface area contributed by atoms with Crippen molar-refractivity contribution in [3.8, 4) is 17.3 Å². The number of hydrogen-bond donors (Lipinski definition) is 2. The van der Waals surface area contributed by atoms with Crippen LogP contribution in [0.5, 0.6) is 5.88 Å². The van der Waals surface area contributed by atoms with E-state index >= 15 is 0 Å². The molecule has 0 aliphatic carbocycles. The Kier molecular flexibility index (Phi) is 3.44. The maximum absolute atomic E-state index is 12.0. The molecule has 106 valence electrons. The smallest absolute Gasteiger partial charge is 0.258 e. The minimum Gasteiger partial charge on any atom is -0.493 e. The molecule has 4 nitrogen and oxygen atoms in total. The van der Waals surface area contributed by atoms with Crippen LogP contribution in [0.2, 0.25) is 0 Å². The first kappa shape index (κ1) is 13.4. The van der Waals surface area contributed by atoms with Crippen molar-refractivity contribution in [1.82, 2.24) is 9.97 Å². The second-order valence-corrected chi connectivity index (χ2v) is 5.03. The molecule has 0 spiro atoms. The lowest BCUT2D eigenvalue weighted by Crippen LogP contribution is -2.15. The van der Waals surface area contributed by atoms with E-state index in [2.05, 4.69) is 9.97 Å². The maximum atomic E-state index is 12.0. The summed E-state index contributed by atoms with van der Waals surface area (Å²) in [5.74, 6) is 0.215. The maximum Gasteiger partial charge on any atom is 0.258 e. The number of rotatable bonds is 3. The van der Waals surface area contributed by atoms with Crippen LogP contribution < -0.4 is 5.56 Å². The zero-order valence-electron chi connectivity index (χ0n) is 11.8. The third-order valence-corrected chi connectivity index (χ3v) is 3.52. The highest BCUT2D eigenvalue weighted by Crippen LogP contribution is 2.23. The highest BCUT2D eigenvalue weighted by atomic mass is 16.3. The number of nitrogens with one attached hydrogen (secondary N) is 1. The van der Waals surface area contributed by atoms with Gasteiger partial charge in [0.15, 0.2) is 0 Å². The molecule has 3 rings (SSSR count). The minimum atomic E-state index is -0.271. The summed E-state index contributed by atoms with van der Waals surface area (Å²) in [5, 5.41) is 12.1. The van der Waals surface area contributed by atoms with Gasteiger partial charge in [-0.1, -0.05) is 49.7 Å². The van der Waals surface area contributed by atoms with E-state index in [0.717, 1.165) is 22.8 Å². The minimum absolute atomic E-state index is 0.177. The van der Waals surface area contributed by atoms with Crippen molar-refractivity contribution >= 4 is 10.8 Å². The number of aromatic nitrogens is 2. The van der Waals surface area contributed by atoms with Crippen LogP contribution in [-0.4, -0.2) is 15.1 Å². The van der Waals surface area contributed by atoms with Crippen LogP contribution in [-0.2, 0) is 6.42 Å². The molecule has 0 fully saturated rings. The summed E-state index contributed by atoms with van der Waals surface area (Å²) in [6.07, 6.45) is 1.31. The van der Waals surface area contributed by atoms with E-state index < -0.39 is 0 Å². The molecule has 0 aliphatic heterocycles. The highest BCUT2D eigenvalue weighted by molar-refractivity contribution is 5.86. The molecule has 0 aliphatic rings. The van der Waals surface area contributed by atoms with Gasteiger partial charge < -0.3 is 10.1 Å². The Morgan fingerprint density at radius 3 is 2.62 bits per heavy atom. The lowest BCUT2D eigenvalue weighted by Gasteiger charge is -2.06. The van der Waals surface area contributed by atoms with Gasteiger partial charge in [0.2, 0.25) is 5.88 Å². The van der Waals surface area contributed by atoms with E-state index in [9.17, 15) is 9.90 Å². The van der Waals surface area contributed by atoms with Gasteiger partial charge in [-0.25, -0.2) is 0 Å². The Morgan fingerprint density at radius 2 is 1.90 bits per heavy atom. The van der Waals surface area contributed by atoms with Crippen molar-refractivity contribution in [2.45, 2.75) is 19.8 Å². The van der Waals surface area contributed by atoms with Gasteiger partial charge in [0.1, 0.15) is 5.82 Å². The standard InChI is InChI=1S/C17H16N2O2/c1-2-5-14-16(20)18-15(19-17(14)21)13-9-8-11-6-3-4-7-12(11)10-13/h3-4,6-10H,2,5H2,1H3,(H2,18,19,20,21). The van der Waals surface area contributed by atoms with E-state index in [1.807, 2.05) is 49.4 Å². The molecule has 0 atom stereocenters. The third-order valence-electron chi connectivity index (χ3n) is 3.52. The Morgan fingerprint density at radius 1 is 1.14 bits per heavy atom. The number of hydrogen-bond acceptors (Lipinski definition) is 3. The molecular weight excluding hydrogens is 264 g/mol. The van der Waals surface area contributed by atoms with Crippen LogP contribution in [0.15, 0.2) is 47.3 Å². The molecule has 0 radical (unpaired) electrons. The Balaban J connectivity index is 2.12. The van der Waals surface area contributed by atoms with Gasteiger partial charge in [0.25, 0.3) is 5.56 Å². The van der Waals surface area contributed by atoms with Gasteiger partial charge in [-0.3, -0.25) is 4.79 Å². The van der Waals surface area contributed by atoms with Crippen LogP contribution >= 0.6 is 0 Å². The van der Waals surface area contributed by atoms with Crippen LogP contribution in [0.4, 0.5) is 0 Å². The van der Waals surface area contributed by atoms with Crippen LogP contribution in [0, 0.1) is 0 Å². The average Bonchev–Trinajstić information content (AvgIpc) is 2.50. The predicted octanol–water partition coefficient (Wildman–Crippen LogP) is 3.25. The second kappa shape index (κ2) is 5.40. The quantitative estimate of drug-likeness (QED) is 0.774. The summed E-state index contributed by atoms with van der Waals surface area (Å²) in [7, 11) is 0. The average molecular weight is 280 g/mol. The van der Waals surface area contributed by atoms with Gasteiger partial charge in [-0.05, 0) is 23.3 Å². The number of aromatic amines is 1. The highest BCUT2D eigenvalue weighted by Gasteiger charge is 2.11. The number of nitrogens with zero attached hydrogens (tertiary/aromatic N) is 1. The molecule has 1 aromatic heterocycles. The fourth-order valence-corrected chi connectivity index (χ4v) is 2.43. The van der Waals surface area contributed by atoms with Gasteiger partial charge >= 0.3 is 0 Å². The normalized spacial score (nSPS) is 10.9. The first-order valence-electron chi connectivity index (χ1n) is 7.00. The molecule has 0 amide bonds. The van der Waals surface area contributed by atoms with Gasteiger partial charge in [0.05, 0.1) is 5.56 Å². The van der Waals surface area contributed by atoms with Crippen LogP contribution in [0.1, 0.15) is 18.9 Å². The monoisotopic (exact) mass is 280 g/mol. The van der Waals surface area contributed by atoms with Crippen molar-refractivity contribution in [3.05, 3.63) is 58.4 Å². The molecule has 21 heavy (non-hydrogen) atoms. The first-order valence-corrected chi connectivity index (χ1v) is 7.00. The number of benzene rings is 2. The van der Waals surface area contributed by atoms with Crippen molar-refractivity contribution in [2.75, 3.05) is 0 Å². The van der Waals surface area contributed by atoms with Crippen molar-refractivity contribution in [1.29, 1.82) is 0 Å². The third kappa shape index (κ3) is 2.52. The molecule has 2 N–H and O–H groups in total. The van der Waals surface area contributed by atoms with E-state index in [0.29, 0.717) is 17.8 Å². The zero-order valence-corrected chi connectivity index (χ0v) is 11.8. The summed E-state index contributed by atoms with van der Waals surface area (Å²) >= 11 is 0. The van der Waals surface area contributed by atoms with Crippen molar-refractivity contribution < 1.29 is 5.11 Å². The van der Waals surface area contributed by atoms with E-state index in [1.165, 1.54) is 0 Å². The Labute approximate surface area is 122 Å². The summed E-state index contributed by atoms with van der Waals surface area (Å²) in [6.45, 7) is 1.95. The van der Waals surface area contributed by atoms with Crippen LogP contribution in [0.25, 0.3) is 22.2 Å². The molecule has 0 unspecified atom stereocenters. The molecule has 3 aromatic rings. The summed E-state index contributed by atoms with van der Waals surface area (Å²) in [6, 6.07) is 13.8. The summed E-state index contributed by atoms with van der Waals surface area (Å²) in [5.41, 5.74) is 0.860. The lowest BCUT2D eigenvalue weighted by molar-refractivity contribution is 0.443. The van der Waals surface area contributed by atoms with Gasteiger partial charge in [0, 0.05) is 5.56 Å². The largest absolute Gasteiger partial charge is 0.493 e. The topological polar surface area (TPSA) is 66.0 Å². The Bertz CT molecular complexity index is 853. The zero-order chi connectivity index (χ0) is 14.8. The first-order chi connectivity index (χ1) is 10.2. The van der Waals surface area contributed by atoms with E-state index in [4.69, 9.17) is 0 Å². The number of H-pyrrole nitrogens is 1. The molecule has 4 heteroatoms. The number of fused-ring (bicyclic) bond motifs is 1. The molecule has 1 heterocycles. The summed E-state index contributed by atoms with van der Waals surface area (Å²) < 4.78 is 0. The van der Waals surface area contributed by atoms with Gasteiger partial charge in [-0.15, -0.1) is 0 Å². The van der Waals surface area contributed by atoms with Crippen molar-refractivity contribution in [3.63, 3.8) is 0 Å². The lowest BCUT2D eigenvalue weighted by atomic mass is 10.1. The molecule has 0 saturated heterocycles. The Hall–Kier alpha value is -2.62. The fraction of sp³-hybridized carbons (Fsp3) is 0.176. The van der Waals surface area contributed by atoms with Crippen LogP contribution in [0.3, 0.4) is 0 Å². The summed E-state index contributed by atoms with van der Waals surface area (Å²) in [4.78, 5) is 18.9. The van der Waals surface area contributed by atoms with Gasteiger partial charge in [-0.2, -0.15) is 4.98 Å².